The van der Waals surface area contributed by atoms with Gasteiger partial charge in [0.05, 0.1) is 11.2 Å². The smallest absolute Gasteiger partial charge is 0.289 e. The first-order chi connectivity index (χ1) is 12.4. The molecular weight excluding hydrogens is 364 g/mol. The van der Waals surface area contributed by atoms with Crippen molar-refractivity contribution in [2.24, 2.45) is 0 Å². The summed E-state index contributed by atoms with van der Waals surface area (Å²) in [6.07, 6.45) is 1.46. The lowest BCUT2D eigenvalue weighted by molar-refractivity contribution is -0.384. The highest BCUT2D eigenvalue weighted by molar-refractivity contribution is 6.32. The molecule has 0 fully saturated rings. The first-order valence-electron chi connectivity index (χ1n) is 7.30. The number of aromatic nitrogens is 2. The molecule has 1 aromatic carbocycles. The van der Waals surface area contributed by atoms with Crippen molar-refractivity contribution in [3.8, 4) is 11.5 Å². The quantitative estimate of drug-likeness (QED) is 0.541. The third-order valence-corrected chi connectivity index (χ3v) is 3.68. The van der Waals surface area contributed by atoms with E-state index < -0.39 is 16.4 Å². The number of halogens is 1. The number of nitro groups is 1. The molecule has 0 unspecified atom stereocenters. The Morgan fingerprint density at radius 1 is 1.31 bits per heavy atom. The SMILES string of the molecule is O=C(Cn1nc(-c2ccco2)ccc1=O)Nc1ccc(Cl)c([N+](=O)[O-])c1. The van der Waals surface area contributed by atoms with Crippen LogP contribution in [0, 0.1) is 10.1 Å². The molecule has 0 saturated heterocycles. The first-order valence-corrected chi connectivity index (χ1v) is 7.67. The third kappa shape index (κ3) is 3.78. The second-order valence-corrected chi connectivity index (χ2v) is 5.57. The zero-order valence-corrected chi connectivity index (χ0v) is 13.8. The van der Waals surface area contributed by atoms with E-state index in [2.05, 4.69) is 10.4 Å². The van der Waals surface area contributed by atoms with E-state index in [1.165, 1.54) is 30.5 Å². The number of furan rings is 1. The van der Waals surface area contributed by atoms with E-state index in [1.807, 2.05) is 0 Å². The first kappa shape index (κ1) is 17.4. The van der Waals surface area contributed by atoms with Gasteiger partial charge in [-0.15, -0.1) is 0 Å². The van der Waals surface area contributed by atoms with E-state index >= 15 is 0 Å². The van der Waals surface area contributed by atoms with E-state index in [9.17, 15) is 19.7 Å². The largest absolute Gasteiger partial charge is 0.463 e. The second kappa shape index (κ2) is 7.19. The van der Waals surface area contributed by atoms with Crippen molar-refractivity contribution < 1.29 is 14.1 Å². The molecule has 0 bridgehead atoms. The van der Waals surface area contributed by atoms with Crippen LogP contribution in [0.25, 0.3) is 11.5 Å². The number of hydrogen-bond donors (Lipinski definition) is 1. The van der Waals surface area contributed by atoms with Crippen LogP contribution in [-0.4, -0.2) is 20.6 Å². The standard InChI is InChI=1S/C16H11ClN4O5/c17-11-4-3-10(8-13(11)21(24)25)18-15(22)9-20-16(23)6-5-12(19-20)14-2-1-7-26-14/h1-8H,9H2,(H,18,22). The molecule has 2 heterocycles. The summed E-state index contributed by atoms with van der Waals surface area (Å²) < 4.78 is 6.18. The Bertz CT molecular complexity index is 1030. The minimum Gasteiger partial charge on any atom is -0.463 e. The Kier molecular flexibility index (Phi) is 4.81. The molecule has 0 radical (unpaired) electrons. The molecule has 1 N–H and O–H groups in total. The van der Waals surface area contributed by atoms with Crippen LogP contribution in [0.5, 0.6) is 0 Å². The molecule has 9 nitrogen and oxygen atoms in total. The molecule has 0 aliphatic heterocycles. The van der Waals surface area contributed by atoms with Crippen LogP contribution in [0.3, 0.4) is 0 Å². The van der Waals surface area contributed by atoms with Crippen molar-refractivity contribution in [2.45, 2.75) is 6.54 Å². The van der Waals surface area contributed by atoms with Gasteiger partial charge in [-0.1, -0.05) is 11.6 Å². The molecular formula is C16H11ClN4O5. The Hall–Kier alpha value is -3.46. The van der Waals surface area contributed by atoms with E-state index in [0.29, 0.717) is 11.5 Å². The lowest BCUT2D eigenvalue weighted by atomic mass is 10.2. The van der Waals surface area contributed by atoms with E-state index in [-0.39, 0.29) is 22.9 Å². The van der Waals surface area contributed by atoms with Gasteiger partial charge >= 0.3 is 0 Å². The van der Waals surface area contributed by atoms with E-state index in [4.69, 9.17) is 16.0 Å². The molecule has 132 valence electrons. The van der Waals surface area contributed by atoms with Crippen LogP contribution in [0.2, 0.25) is 5.02 Å². The lowest BCUT2D eigenvalue weighted by Gasteiger charge is -2.08. The van der Waals surface area contributed by atoms with Gasteiger partial charge in [0.2, 0.25) is 5.91 Å². The summed E-state index contributed by atoms with van der Waals surface area (Å²) in [6.45, 7) is -0.371. The number of amides is 1. The maximum Gasteiger partial charge on any atom is 0.289 e. The van der Waals surface area contributed by atoms with Crippen molar-refractivity contribution in [3.05, 3.63) is 74.2 Å². The zero-order valence-electron chi connectivity index (χ0n) is 13.1. The van der Waals surface area contributed by atoms with E-state index in [1.54, 1.807) is 12.1 Å². The fourth-order valence-electron chi connectivity index (χ4n) is 2.18. The zero-order chi connectivity index (χ0) is 18.7. The van der Waals surface area contributed by atoms with Gasteiger partial charge in [0.25, 0.3) is 11.2 Å². The summed E-state index contributed by atoms with van der Waals surface area (Å²) in [7, 11) is 0. The minimum absolute atomic E-state index is 0.0444. The fourth-order valence-corrected chi connectivity index (χ4v) is 2.37. The number of nitrogens with zero attached hydrogens (tertiary/aromatic N) is 3. The van der Waals surface area contributed by atoms with Crippen LogP contribution in [-0.2, 0) is 11.3 Å². The monoisotopic (exact) mass is 374 g/mol. The second-order valence-electron chi connectivity index (χ2n) is 5.16. The highest BCUT2D eigenvalue weighted by atomic mass is 35.5. The molecule has 0 atom stereocenters. The van der Waals surface area contributed by atoms with Crippen LogP contribution in [0.4, 0.5) is 11.4 Å². The van der Waals surface area contributed by atoms with Crippen LogP contribution < -0.4 is 10.9 Å². The molecule has 0 saturated carbocycles. The summed E-state index contributed by atoms with van der Waals surface area (Å²) in [5.41, 5.74) is -0.233. The van der Waals surface area contributed by atoms with Crippen molar-refractivity contribution in [1.82, 2.24) is 9.78 Å². The van der Waals surface area contributed by atoms with Gasteiger partial charge in [0.15, 0.2) is 5.76 Å². The molecule has 2 aromatic heterocycles. The van der Waals surface area contributed by atoms with Gasteiger partial charge in [-0.25, -0.2) is 4.68 Å². The molecule has 3 aromatic rings. The van der Waals surface area contributed by atoms with Gasteiger partial charge in [0, 0.05) is 17.8 Å². The molecule has 0 aliphatic carbocycles. The Morgan fingerprint density at radius 3 is 2.81 bits per heavy atom. The molecule has 0 aliphatic rings. The molecule has 10 heteroatoms. The van der Waals surface area contributed by atoms with Crippen LogP contribution >= 0.6 is 11.6 Å². The normalized spacial score (nSPS) is 10.5. The Morgan fingerprint density at radius 2 is 2.12 bits per heavy atom. The fraction of sp³-hybridized carbons (Fsp3) is 0.0625. The number of carbonyl (C=O) groups is 1. The number of nitrogens with one attached hydrogen (secondary N) is 1. The molecule has 0 spiro atoms. The summed E-state index contributed by atoms with van der Waals surface area (Å²) in [4.78, 5) is 34.3. The lowest BCUT2D eigenvalue weighted by Crippen LogP contribution is -2.29. The average molecular weight is 375 g/mol. The summed E-state index contributed by atoms with van der Waals surface area (Å²) >= 11 is 5.73. The van der Waals surface area contributed by atoms with Crippen LogP contribution in [0.15, 0.2) is 57.9 Å². The summed E-state index contributed by atoms with van der Waals surface area (Å²) in [6, 6.07) is 9.95. The number of carbonyl (C=O) groups excluding carboxylic acids is 1. The van der Waals surface area contributed by atoms with Gasteiger partial charge in [-0.2, -0.15) is 5.10 Å². The molecule has 26 heavy (non-hydrogen) atoms. The van der Waals surface area contributed by atoms with Crippen molar-refractivity contribution in [2.75, 3.05) is 5.32 Å². The van der Waals surface area contributed by atoms with Gasteiger partial charge < -0.3 is 9.73 Å². The van der Waals surface area contributed by atoms with Crippen molar-refractivity contribution in [3.63, 3.8) is 0 Å². The average Bonchev–Trinajstić information content (AvgIpc) is 3.13. The predicted molar refractivity (Wildman–Crippen MR) is 92.9 cm³/mol. The summed E-state index contributed by atoms with van der Waals surface area (Å²) in [5, 5.41) is 17.4. The number of rotatable bonds is 5. The van der Waals surface area contributed by atoms with E-state index in [0.717, 1.165) is 10.7 Å². The predicted octanol–water partition coefficient (Wildman–Crippen LogP) is 2.70. The maximum atomic E-state index is 12.2. The Labute approximate surface area is 151 Å². The minimum atomic E-state index is -0.656. The van der Waals surface area contributed by atoms with Gasteiger partial charge in [-0.3, -0.25) is 19.7 Å². The number of benzene rings is 1. The van der Waals surface area contributed by atoms with Crippen molar-refractivity contribution >= 4 is 28.9 Å². The topological polar surface area (TPSA) is 120 Å². The highest BCUT2D eigenvalue weighted by Crippen LogP contribution is 2.27. The molecule has 1 amide bonds. The molecule has 3 rings (SSSR count). The highest BCUT2D eigenvalue weighted by Gasteiger charge is 2.15. The van der Waals surface area contributed by atoms with Crippen molar-refractivity contribution in [1.29, 1.82) is 0 Å². The number of nitro benzene ring substituents is 1. The van der Waals surface area contributed by atoms with Gasteiger partial charge in [0.1, 0.15) is 17.3 Å². The third-order valence-electron chi connectivity index (χ3n) is 3.36. The Balaban J connectivity index is 1.78. The van der Waals surface area contributed by atoms with Crippen LogP contribution in [0.1, 0.15) is 0 Å². The summed E-state index contributed by atoms with van der Waals surface area (Å²) in [5.74, 6) is -0.125. The number of hydrogen-bond acceptors (Lipinski definition) is 6. The number of anilines is 1. The maximum absolute atomic E-state index is 12.2. The van der Waals surface area contributed by atoms with Gasteiger partial charge in [-0.05, 0) is 30.3 Å².